The predicted molar refractivity (Wildman–Crippen MR) is 125 cm³/mol. The van der Waals surface area contributed by atoms with Gasteiger partial charge in [-0.3, -0.25) is 14.5 Å². The lowest BCUT2D eigenvalue weighted by Gasteiger charge is -2.15. The number of amidine groups is 1. The van der Waals surface area contributed by atoms with Gasteiger partial charge in [0.2, 0.25) is 11.8 Å². The van der Waals surface area contributed by atoms with Crippen LogP contribution in [0.2, 0.25) is 0 Å². The number of ether oxygens (including phenoxy) is 1. The summed E-state index contributed by atoms with van der Waals surface area (Å²) in [6.45, 7) is 2.43. The van der Waals surface area contributed by atoms with Crippen molar-refractivity contribution in [3.63, 3.8) is 0 Å². The topological polar surface area (TPSA) is 71.0 Å². The average Bonchev–Trinajstić information content (AvgIpc) is 3.04. The van der Waals surface area contributed by atoms with Gasteiger partial charge in [0.25, 0.3) is 5.76 Å². The van der Waals surface area contributed by atoms with Gasteiger partial charge in [0, 0.05) is 17.9 Å². The van der Waals surface area contributed by atoms with Crippen LogP contribution >= 0.6 is 23.5 Å². The van der Waals surface area contributed by atoms with E-state index in [0.29, 0.717) is 45.5 Å². The number of anilines is 1. The molecule has 6 nitrogen and oxygen atoms in total. The van der Waals surface area contributed by atoms with Crippen LogP contribution in [0.5, 0.6) is 5.75 Å². The molecule has 1 aliphatic rings. The molecule has 0 radical (unpaired) electrons. The number of rotatable bonds is 9. The maximum Gasteiger partial charge on any atom is 0.288 e. The normalized spacial score (nSPS) is 17.3. The minimum Gasteiger partial charge on any atom is -0.495 e. The third-order valence-corrected chi connectivity index (χ3v) is 6.40. The molecule has 1 aliphatic heterocycles. The molecule has 1 saturated heterocycles. The Bertz CT molecular complexity index is 987. The van der Waals surface area contributed by atoms with Crippen LogP contribution in [-0.2, 0) is 9.59 Å². The Hall–Kier alpha value is -2.59. The summed E-state index contributed by atoms with van der Waals surface area (Å²) < 4.78 is 30.2. The number of para-hydroxylation sites is 2. The van der Waals surface area contributed by atoms with Crippen molar-refractivity contribution in [3.8, 4) is 5.75 Å². The monoisotopic (exact) mass is 479 g/mol. The zero-order valence-electron chi connectivity index (χ0n) is 17.6. The molecule has 10 heteroatoms. The number of methoxy groups -OCH3 is 1. The standard InChI is InChI=1S/C22H23F2N3O3S2/c1-3-12-27-20(29)18(13-19(28)26-16-6-4-5-7-17(16)30-2)32-22(27)25-14-8-10-15(11-9-14)31-21(23)24/h4-11,18,21H,3,12-13H2,1-2H3,(H,26,28). The zero-order chi connectivity index (χ0) is 23.1. The molecule has 1 unspecified atom stereocenters. The summed E-state index contributed by atoms with van der Waals surface area (Å²) in [6.07, 6.45) is 0.722. The van der Waals surface area contributed by atoms with Crippen molar-refractivity contribution in [2.75, 3.05) is 19.0 Å². The fraction of sp³-hybridized carbons (Fsp3) is 0.318. The molecule has 32 heavy (non-hydrogen) atoms. The van der Waals surface area contributed by atoms with E-state index in [0.717, 1.165) is 6.42 Å². The van der Waals surface area contributed by atoms with Gasteiger partial charge in [-0.25, -0.2) is 4.99 Å². The maximum absolute atomic E-state index is 12.9. The van der Waals surface area contributed by atoms with Gasteiger partial charge in [0.15, 0.2) is 5.17 Å². The molecule has 0 aromatic heterocycles. The highest BCUT2D eigenvalue weighted by Gasteiger charge is 2.38. The Labute approximate surface area is 193 Å². The van der Waals surface area contributed by atoms with Crippen LogP contribution in [0.4, 0.5) is 20.2 Å². The molecule has 2 amide bonds. The third kappa shape index (κ3) is 6.23. The molecule has 0 bridgehead atoms. The van der Waals surface area contributed by atoms with Crippen LogP contribution in [-0.4, -0.2) is 46.5 Å². The first-order valence-electron chi connectivity index (χ1n) is 9.95. The van der Waals surface area contributed by atoms with Crippen molar-refractivity contribution in [1.29, 1.82) is 0 Å². The van der Waals surface area contributed by atoms with Gasteiger partial charge in [0.05, 0.1) is 18.5 Å². The van der Waals surface area contributed by atoms with Gasteiger partial charge in [-0.15, -0.1) is 0 Å². The van der Waals surface area contributed by atoms with E-state index in [4.69, 9.17) is 4.74 Å². The molecule has 2 aromatic carbocycles. The van der Waals surface area contributed by atoms with E-state index in [1.807, 2.05) is 6.92 Å². The Balaban J connectivity index is 1.71. The number of thioether (sulfide) groups is 2. The van der Waals surface area contributed by atoms with Crippen LogP contribution in [0.25, 0.3) is 0 Å². The van der Waals surface area contributed by atoms with Gasteiger partial charge < -0.3 is 10.1 Å². The number of hydrogen-bond donors (Lipinski definition) is 1. The quantitative estimate of drug-likeness (QED) is 0.489. The summed E-state index contributed by atoms with van der Waals surface area (Å²) in [5, 5.41) is 2.70. The number of amides is 2. The lowest BCUT2D eigenvalue weighted by molar-refractivity contribution is -0.128. The second-order valence-electron chi connectivity index (χ2n) is 6.82. The van der Waals surface area contributed by atoms with Crippen LogP contribution in [0, 0.1) is 0 Å². The SMILES string of the molecule is CCCN1C(=O)C(CC(=O)Nc2ccccc2OC)SC1=Nc1ccc(SC(F)F)cc1. The Morgan fingerprint density at radius 1 is 1.25 bits per heavy atom. The van der Waals surface area contributed by atoms with Crippen molar-refractivity contribution in [2.24, 2.45) is 4.99 Å². The minimum atomic E-state index is -2.49. The first kappa shape index (κ1) is 24.1. The number of nitrogens with zero attached hydrogens (tertiary/aromatic N) is 2. The molecule has 0 aliphatic carbocycles. The zero-order valence-corrected chi connectivity index (χ0v) is 19.2. The number of carbonyl (C=O) groups is 2. The maximum atomic E-state index is 12.9. The van der Waals surface area contributed by atoms with E-state index < -0.39 is 11.0 Å². The second kappa shape index (κ2) is 11.3. The molecule has 2 aromatic rings. The fourth-order valence-electron chi connectivity index (χ4n) is 3.08. The molecule has 1 heterocycles. The minimum absolute atomic E-state index is 0.00918. The van der Waals surface area contributed by atoms with Gasteiger partial charge in [0.1, 0.15) is 11.0 Å². The third-order valence-electron chi connectivity index (χ3n) is 4.51. The summed E-state index contributed by atoms with van der Waals surface area (Å²) in [5.41, 5.74) is 1.09. The smallest absolute Gasteiger partial charge is 0.288 e. The number of hydrogen-bond acceptors (Lipinski definition) is 6. The molecule has 1 atom stereocenters. The molecule has 3 rings (SSSR count). The summed E-state index contributed by atoms with van der Waals surface area (Å²) in [4.78, 5) is 32.0. The van der Waals surface area contributed by atoms with Gasteiger partial charge in [-0.1, -0.05) is 42.6 Å². The van der Waals surface area contributed by atoms with Crippen LogP contribution in [0.15, 0.2) is 58.4 Å². The van der Waals surface area contributed by atoms with Crippen molar-refractivity contribution < 1.29 is 23.1 Å². The van der Waals surface area contributed by atoms with Gasteiger partial charge in [-0.05, 0) is 42.8 Å². The number of benzene rings is 2. The van der Waals surface area contributed by atoms with Crippen LogP contribution < -0.4 is 10.1 Å². The molecule has 1 N–H and O–H groups in total. The summed E-state index contributed by atoms with van der Waals surface area (Å²) >= 11 is 1.70. The molecule has 1 fully saturated rings. The summed E-state index contributed by atoms with van der Waals surface area (Å²) in [6, 6.07) is 13.5. The molecular weight excluding hydrogens is 456 g/mol. The van der Waals surface area contributed by atoms with E-state index in [9.17, 15) is 18.4 Å². The van der Waals surface area contributed by atoms with Crippen molar-refractivity contribution in [3.05, 3.63) is 48.5 Å². The molecule has 170 valence electrons. The van der Waals surface area contributed by atoms with E-state index in [2.05, 4.69) is 10.3 Å². The number of carbonyl (C=O) groups excluding carboxylic acids is 2. The number of alkyl halides is 2. The molecule has 0 saturated carbocycles. The molecular formula is C22H23F2N3O3S2. The number of aliphatic imine (C=N–C) groups is 1. The van der Waals surface area contributed by atoms with Crippen molar-refractivity contribution in [1.82, 2.24) is 4.90 Å². The van der Waals surface area contributed by atoms with Crippen LogP contribution in [0.1, 0.15) is 19.8 Å². The molecule has 0 spiro atoms. The van der Waals surface area contributed by atoms with E-state index >= 15 is 0 Å². The predicted octanol–water partition coefficient (Wildman–Crippen LogP) is 5.38. The van der Waals surface area contributed by atoms with Gasteiger partial charge in [-0.2, -0.15) is 8.78 Å². The Morgan fingerprint density at radius 2 is 1.97 bits per heavy atom. The average molecular weight is 480 g/mol. The highest BCUT2D eigenvalue weighted by Crippen LogP contribution is 2.33. The Kier molecular flexibility index (Phi) is 8.52. The summed E-state index contributed by atoms with van der Waals surface area (Å²) in [5.74, 6) is -2.42. The van der Waals surface area contributed by atoms with E-state index in [1.165, 1.54) is 18.9 Å². The first-order valence-corrected chi connectivity index (χ1v) is 11.7. The lowest BCUT2D eigenvalue weighted by atomic mass is 10.2. The summed E-state index contributed by atoms with van der Waals surface area (Å²) in [7, 11) is 1.52. The first-order chi connectivity index (χ1) is 15.4. The van der Waals surface area contributed by atoms with Crippen LogP contribution in [0.3, 0.4) is 0 Å². The number of halogens is 2. The van der Waals surface area contributed by atoms with E-state index in [-0.39, 0.29) is 18.2 Å². The van der Waals surface area contributed by atoms with E-state index in [1.54, 1.807) is 53.4 Å². The van der Waals surface area contributed by atoms with Crippen molar-refractivity contribution in [2.45, 2.75) is 35.7 Å². The second-order valence-corrected chi connectivity index (χ2v) is 9.05. The lowest BCUT2D eigenvalue weighted by Crippen LogP contribution is -2.34. The highest BCUT2D eigenvalue weighted by atomic mass is 32.2. The van der Waals surface area contributed by atoms with Gasteiger partial charge >= 0.3 is 0 Å². The van der Waals surface area contributed by atoms with Crippen molar-refractivity contribution >= 4 is 51.9 Å². The largest absolute Gasteiger partial charge is 0.495 e. The Morgan fingerprint density at radius 3 is 2.62 bits per heavy atom. The highest BCUT2D eigenvalue weighted by molar-refractivity contribution is 8.15. The number of nitrogens with one attached hydrogen (secondary N) is 1. The fourth-order valence-corrected chi connectivity index (χ4v) is 4.77.